The van der Waals surface area contributed by atoms with E-state index in [9.17, 15) is 5.11 Å². The first kappa shape index (κ1) is 11.8. The summed E-state index contributed by atoms with van der Waals surface area (Å²) in [7, 11) is 1.85. The van der Waals surface area contributed by atoms with Gasteiger partial charge in [0.25, 0.3) is 0 Å². The quantitative estimate of drug-likeness (QED) is 0.728. The van der Waals surface area contributed by atoms with Crippen molar-refractivity contribution in [3.8, 4) is 5.88 Å². The summed E-state index contributed by atoms with van der Waals surface area (Å²) >= 11 is 0. The van der Waals surface area contributed by atoms with Gasteiger partial charge < -0.3 is 9.67 Å². The van der Waals surface area contributed by atoms with Gasteiger partial charge in [0.1, 0.15) is 11.0 Å². The second-order valence-corrected chi connectivity index (χ2v) is 5.00. The third-order valence-electron chi connectivity index (χ3n) is 3.73. The van der Waals surface area contributed by atoms with Crippen LogP contribution >= 0.6 is 0 Å². The average molecular weight is 276 g/mol. The van der Waals surface area contributed by atoms with Crippen LogP contribution in [-0.2, 0) is 7.05 Å². The number of hydrogen-bond acceptors (Lipinski definition) is 4. The Kier molecular flexibility index (Phi) is 2.41. The molecule has 0 fully saturated rings. The Morgan fingerprint density at radius 3 is 2.90 bits per heavy atom. The van der Waals surface area contributed by atoms with Crippen LogP contribution in [0.1, 0.15) is 5.56 Å². The van der Waals surface area contributed by atoms with Crippen LogP contribution in [0.3, 0.4) is 0 Å². The van der Waals surface area contributed by atoms with Crippen LogP contribution in [0.25, 0.3) is 17.0 Å². The Morgan fingerprint density at radius 1 is 1.14 bits per heavy atom. The molecule has 0 aliphatic carbocycles. The summed E-state index contributed by atoms with van der Waals surface area (Å²) in [5.41, 5.74) is 2.56. The second kappa shape index (κ2) is 4.28. The number of aromatic nitrogens is 1. The van der Waals surface area contributed by atoms with E-state index >= 15 is 0 Å². The topological polar surface area (TPSA) is 62.2 Å². The molecule has 0 unspecified atom stereocenters. The van der Waals surface area contributed by atoms with Crippen molar-refractivity contribution in [1.29, 1.82) is 0 Å². The molecule has 2 aromatic carbocycles. The van der Waals surface area contributed by atoms with Crippen molar-refractivity contribution in [1.82, 2.24) is 4.57 Å². The lowest BCUT2D eigenvalue weighted by atomic mass is 10.1. The average Bonchev–Trinajstić information content (AvgIpc) is 3.06. The third kappa shape index (κ3) is 1.74. The van der Waals surface area contributed by atoms with Crippen molar-refractivity contribution < 1.29 is 5.11 Å². The highest BCUT2D eigenvalue weighted by atomic mass is 16.3. The highest BCUT2D eigenvalue weighted by Crippen LogP contribution is 2.30. The molecule has 5 heteroatoms. The van der Waals surface area contributed by atoms with Crippen LogP contribution in [0, 0.1) is 0 Å². The lowest BCUT2D eigenvalue weighted by molar-refractivity contribution is 0.434. The molecule has 4 rings (SSSR count). The lowest BCUT2D eigenvalue weighted by Crippen LogP contribution is -2.06. The van der Waals surface area contributed by atoms with Gasteiger partial charge in [-0.1, -0.05) is 24.3 Å². The zero-order chi connectivity index (χ0) is 14.4. The molecule has 0 bridgehead atoms. The number of nitrogens with zero attached hydrogens (tertiary/aromatic N) is 4. The first-order chi connectivity index (χ1) is 10.2. The zero-order valence-electron chi connectivity index (χ0n) is 11.4. The van der Waals surface area contributed by atoms with Crippen LogP contribution < -0.4 is 10.6 Å². The lowest BCUT2D eigenvalue weighted by Gasteiger charge is -1.96. The summed E-state index contributed by atoms with van der Waals surface area (Å²) in [5, 5.41) is 24.6. The van der Waals surface area contributed by atoms with Crippen LogP contribution in [0.5, 0.6) is 5.88 Å². The van der Waals surface area contributed by atoms with Crippen LogP contribution in [0.4, 0.5) is 5.69 Å². The van der Waals surface area contributed by atoms with Gasteiger partial charge in [-0.2, -0.15) is 0 Å². The molecular weight excluding hydrogens is 264 g/mol. The largest absolute Gasteiger partial charge is 0.494 e. The molecule has 102 valence electrons. The molecular formula is C16H12N4O. The molecule has 1 aliphatic rings. The Hall–Kier alpha value is -2.95. The number of hydrogen-bond donors (Lipinski definition) is 1. The molecule has 0 saturated carbocycles. The van der Waals surface area contributed by atoms with Crippen molar-refractivity contribution >= 4 is 22.7 Å². The van der Waals surface area contributed by atoms with E-state index in [2.05, 4.69) is 15.4 Å². The van der Waals surface area contributed by atoms with Crippen molar-refractivity contribution in [3.63, 3.8) is 0 Å². The summed E-state index contributed by atoms with van der Waals surface area (Å²) in [4.78, 5) is 0. The minimum Gasteiger partial charge on any atom is -0.494 e. The van der Waals surface area contributed by atoms with E-state index in [1.165, 1.54) is 0 Å². The molecule has 1 aromatic heterocycles. The van der Waals surface area contributed by atoms with Crippen molar-refractivity contribution in [2.45, 2.75) is 0 Å². The first-order valence-corrected chi connectivity index (χ1v) is 6.61. The number of rotatable bonds is 1. The molecule has 0 atom stereocenters. The van der Waals surface area contributed by atoms with Gasteiger partial charge in [-0.05, 0) is 34.7 Å². The number of para-hydroxylation sites is 1. The molecule has 21 heavy (non-hydrogen) atoms. The van der Waals surface area contributed by atoms with Crippen molar-refractivity contribution in [2.75, 3.05) is 0 Å². The fraction of sp³-hybridized carbons (Fsp3) is 0.0625. The maximum Gasteiger partial charge on any atom is 0.199 e. The predicted molar refractivity (Wildman–Crippen MR) is 79.9 cm³/mol. The van der Waals surface area contributed by atoms with Gasteiger partial charge >= 0.3 is 0 Å². The van der Waals surface area contributed by atoms with Gasteiger partial charge in [-0.15, -0.1) is 10.2 Å². The smallest absolute Gasteiger partial charge is 0.199 e. The highest BCUT2D eigenvalue weighted by Gasteiger charge is 2.11. The first-order valence-electron chi connectivity index (χ1n) is 6.61. The normalized spacial score (nSPS) is 13.7. The summed E-state index contributed by atoms with van der Waals surface area (Å²) in [6.45, 7) is 0. The Balaban J connectivity index is 2.00. The van der Waals surface area contributed by atoms with Gasteiger partial charge in [0.2, 0.25) is 0 Å². The zero-order valence-corrected chi connectivity index (χ0v) is 11.4. The van der Waals surface area contributed by atoms with Gasteiger partial charge in [-0.3, -0.25) is 0 Å². The molecule has 5 nitrogen and oxygen atoms in total. The molecule has 2 heterocycles. The highest BCUT2D eigenvalue weighted by molar-refractivity contribution is 5.92. The van der Waals surface area contributed by atoms with E-state index in [4.69, 9.17) is 0 Å². The van der Waals surface area contributed by atoms with Crippen LogP contribution in [0.2, 0.25) is 0 Å². The van der Waals surface area contributed by atoms with Crippen LogP contribution in [0.15, 0.2) is 57.9 Å². The van der Waals surface area contributed by atoms with E-state index in [0.717, 1.165) is 32.7 Å². The second-order valence-electron chi connectivity index (χ2n) is 5.00. The summed E-state index contributed by atoms with van der Waals surface area (Å²) in [5.74, 6) is 0.253. The number of aryl methyl sites for hydroxylation is 1. The molecule has 1 aliphatic heterocycles. The minimum atomic E-state index is 0.253. The van der Waals surface area contributed by atoms with Gasteiger partial charge in [0.15, 0.2) is 5.88 Å². The Bertz CT molecular complexity index is 1010. The van der Waals surface area contributed by atoms with Crippen molar-refractivity contribution in [2.24, 2.45) is 22.5 Å². The van der Waals surface area contributed by atoms with E-state index in [0.29, 0.717) is 0 Å². The predicted octanol–water partition coefficient (Wildman–Crippen LogP) is 2.34. The SMILES string of the molecule is Cn1c(O)c(/C=c2\ccc3c(c2)N=NN=3)c2ccccc21. The van der Waals surface area contributed by atoms with Crippen molar-refractivity contribution in [3.05, 3.63) is 58.6 Å². The van der Waals surface area contributed by atoms with Gasteiger partial charge in [-0.25, -0.2) is 0 Å². The van der Waals surface area contributed by atoms with E-state index < -0.39 is 0 Å². The maximum atomic E-state index is 10.3. The Morgan fingerprint density at radius 2 is 2.00 bits per heavy atom. The summed E-state index contributed by atoms with van der Waals surface area (Å²) in [6, 6.07) is 13.7. The maximum absolute atomic E-state index is 10.3. The van der Waals surface area contributed by atoms with E-state index in [1.807, 2.05) is 55.6 Å². The van der Waals surface area contributed by atoms with E-state index in [-0.39, 0.29) is 5.88 Å². The molecule has 1 N–H and O–H groups in total. The molecule has 0 radical (unpaired) electrons. The molecule has 0 saturated heterocycles. The fourth-order valence-electron chi connectivity index (χ4n) is 2.63. The number of fused-ring (bicyclic) bond motifs is 2. The number of aromatic hydroxyl groups is 1. The summed E-state index contributed by atoms with van der Waals surface area (Å²) in [6.07, 6.45) is 1.95. The van der Waals surface area contributed by atoms with E-state index in [1.54, 1.807) is 4.57 Å². The fourth-order valence-corrected chi connectivity index (χ4v) is 2.63. The molecule has 0 amide bonds. The monoisotopic (exact) mass is 276 g/mol. The minimum absolute atomic E-state index is 0.253. The molecule has 0 spiro atoms. The summed E-state index contributed by atoms with van der Waals surface area (Å²) < 4.78 is 1.78. The standard InChI is InChI=1S/C16H12N4O/c1-20-15-5-3-2-4-11(15)12(16(20)21)8-10-6-7-13-14(9-10)18-19-17-13/h2-9,21H,1H3/b10-8+. The Labute approximate surface area is 120 Å². The number of benzene rings is 2. The molecule has 3 aromatic rings. The van der Waals surface area contributed by atoms with Crippen LogP contribution in [-0.4, -0.2) is 9.67 Å². The van der Waals surface area contributed by atoms with Gasteiger partial charge in [0.05, 0.1) is 5.52 Å². The third-order valence-corrected chi connectivity index (χ3v) is 3.73. The van der Waals surface area contributed by atoms with Gasteiger partial charge in [0, 0.05) is 18.0 Å².